The maximum atomic E-state index is 11.1. The van der Waals surface area contributed by atoms with Gasteiger partial charge in [-0.25, -0.2) is 18.4 Å². The molecule has 1 aromatic heterocycles. The first-order valence-electron chi connectivity index (χ1n) is 6.21. The summed E-state index contributed by atoms with van der Waals surface area (Å²) in [4.78, 5) is 8.45. The van der Waals surface area contributed by atoms with Crippen LogP contribution in [0.25, 0.3) is 0 Å². The van der Waals surface area contributed by atoms with Crippen LogP contribution in [-0.2, 0) is 9.84 Å². The molecule has 0 saturated heterocycles. The fourth-order valence-electron chi connectivity index (χ4n) is 1.68. The van der Waals surface area contributed by atoms with Crippen molar-refractivity contribution in [2.45, 2.75) is 32.2 Å². The molecule has 0 aliphatic rings. The van der Waals surface area contributed by atoms with E-state index in [0.29, 0.717) is 6.42 Å². The maximum Gasteiger partial charge on any atom is 0.147 e. The molecule has 1 aromatic rings. The van der Waals surface area contributed by atoms with Gasteiger partial charge in [-0.3, -0.25) is 0 Å². The van der Waals surface area contributed by atoms with Crippen molar-refractivity contribution in [2.24, 2.45) is 0 Å². The lowest BCUT2D eigenvalue weighted by Gasteiger charge is -2.16. The van der Waals surface area contributed by atoms with E-state index in [2.05, 4.69) is 22.2 Å². The van der Waals surface area contributed by atoms with Gasteiger partial charge in [0.05, 0.1) is 6.04 Å². The summed E-state index contributed by atoms with van der Waals surface area (Å²) < 4.78 is 22.2. The van der Waals surface area contributed by atoms with Gasteiger partial charge in [0, 0.05) is 24.4 Å². The Hall–Kier alpha value is -1.01. The fourth-order valence-corrected chi connectivity index (χ4v) is 2.37. The van der Waals surface area contributed by atoms with Crippen LogP contribution in [0.5, 0.6) is 0 Å². The van der Waals surface area contributed by atoms with Gasteiger partial charge in [-0.05, 0) is 31.9 Å². The molecule has 0 spiro atoms. The largest absolute Gasteiger partial charge is 0.307 e. The van der Waals surface area contributed by atoms with Gasteiger partial charge in [-0.1, -0.05) is 6.92 Å². The van der Waals surface area contributed by atoms with E-state index in [1.54, 1.807) is 18.5 Å². The first-order valence-corrected chi connectivity index (χ1v) is 8.27. The molecule has 0 aliphatic carbocycles. The predicted molar refractivity (Wildman–Crippen MR) is 72.0 cm³/mol. The Kier molecular flexibility index (Phi) is 6.21. The lowest BCUT2D eigenvalue weighted by molar-refractivity contribution is 0.471. The van der Waals surface area contributed by atoms with Crippen LogP contribution >= 0.6 is 0 Å². The molecule has 0 fully saturated rings. The first-order chi connectivity index (χ1) is 8.53. The van der Waals surface area contributed by atoms with Crippen molar-refractivity contribution < 1.29 is 8.42 Å². The van der Waals surface area contributed by atoms with Crippen LogP contribution in [0.1, 0.15) is 38.1 Å². The van der Waals surface area contributed by atoms with Crippen LogP contribution in [0, 0.1) is 0 Å². The first kappa shape index (κ1) is 15.0. The van der Waals surface area contributed by atoms with Crippen molar-refractivity contribution in [3.63, 3.8) is 0 Å². The van der Waals surface area contributed by atoms with Crippen molar-refractivity contribution in [3.8, 4) is 0 Å². The lowest BCUT2D eigenvalue weighted by Crippen LogP contribution is -2.24. The second-order valence-electron chi connectivity index (χ2n) is 4.39. The number of aromatic nitrogens is 2. The third-order valence-electron chi connectivity index (χ3n) is 2.55. The molecule has 1 unspecified atom stereocenters. The second-order valence-corrected chi connectivity index (χ2v) is 6.65. The van der Waals surface area contributed by atoms with Crippen molar-refractivity contribution in [3.05, 3.63) is 24.3 Å². The summed E-state index contributed by atoms with van der Waals surface area (Å²) in [6, 6.07) is 1.81. The quantitative estimate of drug-likeness (QED) is 0.772. The summed E-state index contributed by atoms with van der Waals surface area (Å²) in [6.45, 7) is 2.97. The van der Waals surface area contributed by atoms with Crippen LogP contribution in [0.2, 0.25) is 0 Å². The maximum absolute atomic E-state index is 11.1. The zero-order valence-electron chi connectivity index (χ0n) is 11.0. The molecule has 0 bridgehead atoms. The standard InChI is InChI=1S/C12H21N3O2S/c1-3-7-13-11(6-4-10-18(2,16)17)12-14-8-5-9-15-12/h5,8-9,11,13H,3-4,6-7,10H2,1-2H3. The molecule has 0 aromatic carbocycles. The number of sulfone groups is 1. The van der Waals surface area contributed by atoms with E-state index in [9.17, 15) is 8.42 Å². The zero-order chi connectivity index (χ0) is 13.4. The van der Waals surface area contributed by atoms with Crippen molar-refractivity contribution >= 4 is 9.84 Å². The summed E-state index contributed by atoms with van der Waals surface area (Å²) >= 11 is 0. The van der Waals surface area contributed by atoms with E-state index in [1.807, 2.05) is 0 Å². The van der Waals surface area contributed by atoms with Crippen LogP contribution < -0.4 is 5.32 Å². The molecule has 0 saturated carbocycles. The Balaban J connectivity index is 2.56. The molecule has 6 heteroatoms. The van der Waals surface area contributed by atoms with Crippen LogP contribution in [0.3, 0.4) is 0 Å². The number of rotatable bonds is 8. The van der Waals surface area contributed by atoms with E-state index in [0.717, 1.165) is 25.2 Å². The van der Waals surface area contributed by atoms with Crippen molar-refractivity contribution in [2.75, 3.05) is 18.6 Å². The van der Waals surface area contributed by atoms with Crippen molar-refractivity contribution in [1.82, 2.24) is 15.3 Å². The molecule has 102 valence electrons. The van der Waals surface area contributed by atoms with Crippen molar-refractivity contribution in [1.29, 1.82) is 0 Å². The van der Waals surface area contributed by atoms with Gasteiger partial charge in [-0.2, -0.15) is 0 Å². The van der Waals surface area contributed by atoms with Gasteiger partial charge in [0.25, 0.3) is 0 Å². The van der Waals surface area contributed by atoms with Gasteiger partial charge in [0.2, 0.25) is 0 Å². The zero-order valence-corrected chi connectivity index (χ0v) is 11.8. The average molecular weight is 271 g/mol. The predicted octanol–water partition coefficient (Wildman–Crippen LogP) is 1.34. The van der Waals surface area contributed by atoms with Gasteiger partial charge in [0.15, 0.2) is 0 Å². The molecule has 1 rings (SSSR count). The Morgan fingerprint density at radius 1 is 1.33 bits per heavy atom. The highest BCUT2D eigenvalue weighted by atomic mass is 32.2. The summed E-state index contributed by atoms with van der Waals surface area (Å²) in [7, 11) is -2.89. The topological polar surface area (TPSA) is 72.0 Å². The van der Waals surface area contributed by atoms with E-state index in [-0.39, 0.29) is 11.8 Å². The third-order valence-corrected chi connectivity index (χ3v) is 3.58. The van der Waals surface area contributed by atoms with Gasteiger partial charge in [-0.15, -0.1) is 0 Å². The van der Waals surface area contributed by atoms with Gasteiger partial charge in [0.1, 0.15) is 15.7 Å². The molecule has 1 N–H and O–H groups in total. The number of nitrogens with zero attached hydrogens (tertiary/aromatic N) is 2. The Bertz CT molecular complexity index is 434. The molecule has 0 amide bonds. The number of hydrogen-bond donors (Lipinski definition) is 1. The molecule has 18 heavy (non-hydrogen) atoms. The van der Waals surface area contributed by atoms with E-state index < -0.39 is 9.84 Å². The monoisotopic (exact) mass is 271 g/mol. The molecular weight excluding hydrogens is 250 g/mol. The molecular formula is C12H21N3O2S. The average Bonchev–Trinajstić information content (AvgIpc) is 2.33. The van der Waals surface area contributed by atoms with Gasteiger partial charge < -0.3 is 5.32 Å². The Morgan fingerprint density at radius 3 is 2.56 bits per heavy atom. The summed E-state index contributed by atoms with van der Waals surface area (Å²) in [5, 5.41) is 3.35. The van der Waals surface area contributed by atoms with E-state index >= 15 is 0 Å². The summed E-state index contributed by atoms with van der Waals surface area (Å²) in [6.07, 6.45) is 7.06. The SMILES string of the molecule is CCCNC(CCCS(C)(=O)=O)c1ncccn1. The third kappa shape index (κ3) is 6.07. The minimum atomic E-state index is -2.89. The fraction of sp³-hybridized carbons (Fsp3) is 0.667. The minimum absolute atomic E-state index is 0.0351. The summed E-state index contributed by atoms with van der Waals surface area (Å²) in [5.41, 5.74) is 0. The molecule has 1 heterocycles. The lowest BCUT2D eigenvalue weighted by atomic mass is 10.1. The Labute approximate surface area is 109 Å². The molecule has 1 atom stereocenters. The highest BCUT2D eigenvalue weighted by molar-refractivity contribution is 7.90. The van der Waals surface area contributed by atoms with Crippen LogP contribution in [0.4, 0.5) is 0 Å². The highest BCUT2D eigenvalue weighted by Crippen LogP contribution is 2.14. The Morgan fingerprint density at radius 2 is 2.00 bits per heavy atom. The molecule has 0 aliphatic heterocycles. The second kappa shape index (κ2) is 7.43. The number of nitrogens with one attached hydrogen (secondary N) is 1. The highest BCUT2D eigenvalue weighted by Gasteiger charge is 2.14. The minimum Gasteiger partial charge on any atom is -0.307 e. The number of hydrogen-bond acceptors (Lipinski definition) is 5. The summed E-state index contributed by atoms with van der Waals surface area (Å²) in [5.74, 6) is 0.948. The van der Waals surface area contributed by atoms with Gasteiger partial charge >= 0.3 is 0 Å². The van der Waals surface area contributed by atoms with E-state index in [1.165, 1.54) is 6.26 Å². The van der Waals surface area contributed by atoms with Crippen LogP contribution in [-0.4, -0.2) is 36.9 Å². The normalized spacial score (nSPS) is 13.4. The molecule has 0 radical (unpaired) electrons. The smallest absolute Gasteiger partial charge is 0.147 e. The molecule has 5 nitrogen and oxygen atoms in total. The van der Waals surface area contributed by atoms with E-state index in [4.69, 9.17) is 0 Å². The van der Waals surface area contributed by atoms with Crippen LogP contribution in [0.15, 0.2) is 18.5 Å².